The van der Waals surface area contributed by atoms with Crippen LogP contribution in [0.4, 0.5) is 0 Å². The third-order valence-electron chi connectivity index (χ3n) is 2.82. The predicted molar refractivity (Wildman–Crippen MR) is 81.3 cm³/mol. The van der Waals surface area contributed by atoms with Gasteiger partial charge >= 0.3 is 5.97 Å². The summed E-state index contributed by atoms with van der Waals surface area (Å²) in [7, 11) is 0. The topological polar surface area (TPSA) is 39.2 Å². The lowest BCUT2D eigenvalue weighted by molar-refractivity contribution is -0.141. The molecule has 0 aliphatic heterocycles. The quantitative estimate of drug-likeness (QED) is 0.559. The van der Waals surface area contributed by atoms with Gasteiger partial charge in [0.05, 0.1) is 12.1 Å². The Morgan fingerprint density at radius 3 is 2.70 bits per heavy atom. The number of esters is 1. The van der Waals surface area contributed by atoms with E-state index >= 15 is 0 Å². The van der Waals surface area contributed by atoms with Gasteiger partial charge in [-0.2, -0.15) is 0 Å². The third-order valence-corrected chi connectivity index (χ3v) is 2.82. The molecular formula is C17H23NO2. The van der Waals surface area contributed by atoms with Gasteiger partial charge in [0.1, 0.15) is 6.61 Å². The van der Waals surface area contributed by atoms with E-state index in [1.54, 1.807) is 6.20 Å². The smallest absolute Gasteiger partial charge is 0.312 e. The highest BCUT2D eigenvalue weighted by atomic mass is 16.5. The lowest BCUT2D eigenvalue weighted by atomic mass is 10.1. The molecule has 0 fully saturated rings. The standard InChI is InChI=1S/C17H23NO2/c1-14(2)7-6-8-15(3)10-12-20-17(19)13-16-9-4-5-11-18-16/h4-5,7,9-11H,6,8,12-13H2,1-3H3. The first-order chi connectivity index (χ1) is 9.58. The average Bonchev–Trinajstić information content (AvgIpc) is 2.39. The van der Waals surface area contributed by atoms with Crippen molar-refractivity contribution < 1.29 is 9.53 Å². The molecule has 0 spiro atoms. The van der Waals surface area contributed by atoms with Crippen LogP contribution in [0.5, 0.6) is 0 Å². The van der Waals surface area contributed by atoms with Crippen LogP contribution in [0, 0.1) is 0 Å². The minimum absolute atomic E-state index is 0.228. The highest BCUT2D eigenvalue weighted by Gasteiger charge is 2.04. The number of aromatic nitrogens is 1. The van der Waals surface area contributed by atoms with Gasteiger partial charge in [0.25, 0.3) is 0 Å². The van der Waals surface area contributed by atoms with Crippen LogP contribution in [-0.2, 0) is 16.0 Å². The Kier molecular flexibility index (Phi) is 7.33. The van der Waals surface area contributed by atoms with Gasteiger partial charge in [0.15, 0.2) is 0 Å². The highest BCUT2D eigenvalue weighted by Crippen LogP contribution is 2.06. The van der Waals surface area contributed by atoms with Crippen molar-refractivity contribution in [3.63, 3.8) is 0 Å². The second kappa shape index (κ2) is 9.08. The maximum absolute atomic E-state index is 11.6. The fourth-order valence-electron chi connectivity index (χ4n) is 1.67. The molecule has 3 heteroatoms. The number of carbonyl (C=O) groups is 1. The van der Waals surface area contributed by atoms with Gasteiger partial charge in [0, 0.05) is 6.20 Å². The summed E-state index contributed by atoms with van der Waals surface area (Å²) < 4.78 is 5.17. The van der Waals surface area contributed by atoms with Crippen LogP contribution in [-0.4, -0.2) is 17.6 Å². The Morgan fingerprint density at radius 2 is 2.05 bits per heavy atom. The summed E-state index contributed by atoms with van der Waals surface area (Å²) in [5.74, 6) is -0.239. The van der Waals surface area contributed by atoms with Crippen LogP contribution in [0.3, 0.4) is 0 Å². The lowest BCUT2D eigenvalue weighted by Gasteiger charge is -2.03. The minimum Gasteiger partial charge on any atom is -0.461 e. The largest absolute Gasteiger partial charge is 0.461 e. The van der Waals surface area contributed by atoms with Crippen LogP contribution in [0.1, 0.15) is 39.3 Å². The Morgan fingerprint density at radius 1 is 1.25 bits per heavy atom. The summed E-state index contributed by atoms with van der Waals surface area (Å²) in [4.78, 5) is 15.7. The van der Waals surface area contributed by atoms with Gasteiger partial charge in [-0.15, -0.1) is 0 Å². The van der Waals surface area contributed by atoms with Crippen LogP contribution in [0.15, 0.2) is 47.7 Å². The number of allylic oxidation sites excluding steroid dienone is 3. The van der Waals surface area contributed by atoms with E-state index in [0.29, 0.717) is 6.61 Å². The summed E-state index contributed by atoms with van der Waals surface area (Å²) >= 11 is 0. The maximum Gasteiger partial charge on any atom is 0.312 e. The Balaban J connectivity index is 2.25. The number of rotatable bonds is 7. The predicted octanol–water partition coefficient (Wildman–Crippen LogP) is 3.86. The van der Waals surface area contributed by atoms with Gasteiger partial charge in [-0.1, -0.05) is 23.3 Å². The molecule has 108 valence electrons. The van der Waals surface area contributed by atoms with Crippen molar-refractivity contribution in [3.8, 4) is 0 Å². The number of pyridine rings is 1. The van der Waals surface area contributed by atoms with Gasteiger partial charge < -0.3 is 4.74 Å². The summed E-state index contributed by atoms with van der Waals surface area (Å²) in [5.41, 5.74) is 3.31. The molecule has 0 radical (unpaired) electrons. The lowest BCUT2D eigenvalue weighted by Crippen LogP contribution is -2.09. The average molecular weight is 273 g/mol. The number of hydrogen-bond acceptors (Lipinski definition) is 3. The highest BCUT2D eigenvalue weighted by molar-refractivity contribution is 5.72. The molecule has 1 aromatic rings. The first-order valence-electron chi connectivity index (χ1n) is 6.92. The van der Waals surface area contributed by atoms with Crippen molar-refractivity contribution in [2.24, 2.45) is 0 Å². The van der Waals surface area contributed by atoms with Crippen molar-refractivity contribution in [2.75, 3.05) is 6.61 Å². The van der Waals surface area contributed by atoms with Crippen molar-refractivity contribution in [2.45, 2.75) is 40.0 Å². The second-order valence-electron chi connectivity index (χ2n) is 5.05. The molecule has 0 N–H and O–H groups in total. The van der Waals surface area contributed by atoms with Gasteiger partial charge in [-0.25, -0.2) is 0 Å². The zero-order chi connectivity index (χ0) is 14.8. The van der Waals surface area contributed by atoms with E-state index in [4.69, 9.17) is 4.74 Å². The van der Waals surface area contributed by atoms with Crippen molar-refractivity contribution in [1.29, 1.82) is 0 Å². The van der Waals surface area contributed by atoms with Crippen LogP contribution < -0.4 is 0 Å². The van der Waals surface area contributed by atoms with Crippen molar-refractivity contribution in [3.05, 3.63) is 53.4 Å². The van der Waals surface area contributed by atoms with E-state index in [1.807, 2.05) is 24.3 Å². The number of nitrogens with zero attached hydrogens (tertiary/aromatic N) is 1. The van der Waals surface area contributed by atoms with E-state index in [2.05, 4.69) is 31.8 Å². The molecule has 3 nitrogen and oxygen atoms in total. The molecule has 0 saturated carbocycles. The molecule has 0 amide bonds. The van der Waals surface area contributed by atoms with E-state index < -0.39 is 0 Å². The summed E-state index contributed by atoms with van der Waals surface area (Å²) in [6.45, 7) is 6.59. The molecule has 0 bridgehead atoms. The molecule has 0 aliphatic rings. The monoisotopic (exact) mass is 273 g/mol. The van der Waals surface area contributed by atoms with Crippen LogP contribution in [0.2, 0.25) is 0 Å². The second-order valence-corrected chi connectivity index (χ2v) is 5.05. The molecule has 0 unspecified atom stereocenters. The van der Waals surface area contributed by atoms with Gasteiger partial charge in [-0.3, -0.25) is 9.78 Å². The molecule has 0 atom stereocenters. The zero-order valence-electron chi connectivity index (χ0n) is 12.6. The summed E-state index contributed by atoms with van der Waals surface area (Å²) in [5, 5.41) is 0. The molecule has 1 rings (SSSR count). The van der Waals surface area contributed by atoms with Crippen LogP contribution >= 0.6 is 0 Å². The molecule has 0 saturated heterocycles. The Hall–Kier alpha value is -1.90. The molecule has 20 heavy (non-hydrogen) atoms. The SMILES string of the molecule is CC(C)=CCCC(C)=CCOC(=O)Cc1ccccn1. The number of ether oxygens (including phenoxy) is 1. The fourth-order valence-corrected chi connectivity index (χ4v) is 1.67. The third kappa shape index (κ3) is 7.52. The molecular weight excluding hydrogens is 250 g/mol. The molecule has 1 aromatic heterocycles. The van der Waals surface area contributed by atoms with E-state index in [9.17, 15) is 4.79 Å². The van der Waals surface area contributed by atoms with Gasteiger partial charge in [-0.05, 0) is 51.8 Å². The summed E-state index contributed by atoms with van der Waals surface area (Å²) in [6, 6.07) is 5.51. The van der Waals surface area contributed by atoms with Crippen molar-refractivity contribution in [1.82, 2.24) is 4.98 Å². The first-order valence-corrected chi connectivity index (χ1v) is 6.92. The zero-order valence-corrected chi connectivity index (χ0v) is 12.6. The molecule has 0 aromatic carbocycles. The summed E-state index contributed by atoms with van der Waals surface area (Å²) in [6.07, 6.45) is 8.12. The van der Waals surface area contributed by atoms with Gasteiger partial charge in [0.2, 0.25) is 0 Å². The minimum atomic E-state index is -0.239. The van der Waals surface area contributed by atoms with E-state index in [1.165, 1.54) is 11.1 Å². The fraction of sp³-hybridized carbons (Fsp3) is 0.412. The first kappa shape index (κ1) is 16.2. The number of hydrogen-bond donors (Lipinski definition) is 0. The van der Waals surface area contributed by atoms with E-state index in [-0.39, 0.29) is 12.4 Å². The molecule has 0 aliphatic carbocycles. The Bertz CT molecular complexity index is 471. The Labute approximate surface area is 121 Å². The normalized spacial score (nSPS) is 11.1. The van der Waals surface area contributed by atoms with E-state index in [0.717, 1.165) is 18.5 Å². The maximum atomic E-state index is 11.6. The molecule has 1 heterocycles. The van der Waals surface area contributed by atoms with Crippen LogP contribution in [0.25, 0.3) is 0 Å². The number of carbonyl (C=O) groups excluding carboxylic acids is 1. The van der Waals surface area contributed by atoms with Crippen molar-refractivity contribution >= 4 is 5.97 Å².